The molecule has 4 nitrogen and oxygen atoms in total. The molecule has 0 heterocycles. The van der Waals surface area contributed by atoms with Crippen LogP contribution >= 0.6 is 11.6 Å². The Bertz CT molecular complexity index is 423. The first-order valence-electron chi connectivity index (χ1n) is 6.11. The number of benzene rings is 1. The largest absolute Gasteiger partial charge is 0.310 e. The molecule has 0 aromatic heterocycles. The van der Waals surface area contributed by atoms with Crippen molar-refractivity contribution in [3.63, 3.8) is 0 Å². The molecule has 1 N–H and O–H groups in total. The summed E-state index contributed by atoms with van der Waals surface area (Å²) >= 11 is 6.03. The summed E-state index contributed by atoms with van der Waals surface area (Å²) in [6.45, 7) is 7.10. The minimum Gasteiger partial charge on any atom is -0.310 e. The van der Waals surface area contributed by atoms with Crippen molar-refractivity contribution in [3.05, 3.63) is 38.9 Å². The van der Waals surface area contributed by atoms with Crippen molar-refractivity contribution in [1.29, 1.82) is 0 Å². The Kier molecular flexibility index (Phi) is 5.56. The van der Waals surface area contributed by atoms with Gasteiger partial charge in [0, 0.05) is 24.7 Å². The first kappa shape index (κ1) is 14.9. The number of nitrogens with zero attached hydrogens (tertiary/aromatic N) is 1. The van der Waals surface area contributed by atoms with Crippen LogP contribution in [0.15, 0.2) is 18.2 Å². The second-order valence-corrected chi connectivity index (χ2v) is 5.00. The number of hydrogen-bond acceptors (Lipinski definition) is 3. The summed E-state index contributed by atoms with van der Waals surface area (Å²) in [5.41, 5.74) is 0.913. The van der Waals surface area contributed by atoms with Gasteiger partial charge in [-0.2, -0.15) is 0 Å². The molecular formula is C13H19ClN2O2. The van der Waals surface area contributed by atoms with Crippen LogP contribution in [0.1, 0.15) is 32.8 Å². The van der Waals surface area contributed by atoms with E-state index >= 15 is 0 Å². The zero-order valence-electron chi connectivity index (χ0n) is 10.9. The van der Waals surface area contributed by atoms with E-state index in [1.54, 1.807) is 6.07 Å². The molecule has 1 aromatic rings. The third-order valence-corrected chi connectivity index (χ3v) is 3.71. The van der Waals surface area contributed by atoms with E-state index in [4.69, 9.17) is 11.6 Å². The van der Waals surface area contributed by atoms with E-state index in [2.05, 4.69) is 26.1 Å². The predicted molar refractivity (Wildman–Crippen MR) is 73.9 cm³/mol. The summed E-state index contributed by atoms with van der Waals surface area (Å²) in [5.74, 6) is 0.585. The fourth-order valence-electron chi connectivity index (χ4n) is 1.62. The van der Waals surface area contributed by atoms with Gasteiger partial charge in [-0.05, 0) is 24.5 Å². The lowest BCUT2D eigenvalue weighted by Gasteiger charge is -2.20. The zero-order valence-corrected chi connectivity index (χ0v) is 11.7. The summed E-state index contributed by atoms with van der Waals surface area (Å²) in [4.78, 5) is 10.2. The van der Waals surface area contributed by atoms with Gasteiger partial charge in [-0.1, -0.05) is 31.9 Å². The molecule has 2 unspecified atom stereocenters. The third kappa shape index (κ3) is 3.96. The lowest BCUT2D eigenvalue weighted by atomic mass is 10.0. The second-order valence-electron chi connectivity index (χ2n) is 4.59. The molecule has 0 aliphatic carbocycles. The van der Waals surface area contributed by atoms with E-state index in [9.17, 15) is 10.1 Å². The maximum Gasteiger partial charge on any atom is 0.270 e. The lowest BCUT2D eigenvalue weighted by molar-refractivity contribution is -0.384. The summed E-state index contributed by atoms with van der Waals surface area (Å²) in [5, 5.41) is 14.4. The third-order valence-electron chi connectivity index (χ3n) is 3.36. The molecule has 0 fully saturated rings. The highest BCUT2D eigenvalue weighted by Gasteiger charge is 2.12. The van der Waals surface area contributed by atoms with Crippen LogP contribution in [-0.4, -0.2) is 11.0 Å². The number of nitro benzene ring substituents is 1. The molecule has 0 spiro atoms. The van der Waals surface area contributed by atoms with Gasteiger partial charge in [-0.3, -0.25) is 10.1 Å². The van der Waals surface area contributed by atoms with Crippen LogP contribution in [0.25, 0.3) is 0 Å². The van der Waals surface area contributed by atoms with E-state index in [0.717, 1.165) is 12.0 Å². The highest BCUT2D eigenvalue weighted by Crippen LogP contribution is 2.22. The molecule has 0 bridgehead atoms. The number of nitrogens with one attached hydrogen (secondary N) is 1. The van der Waals surface area contributed by atoms with Gasteiger partial charge in [0.1, 0.15) is 0 Å². The summed E-state index contributed by atoms with van der Waals surface area (Å²) in [6, 6.07) is 4.97. The molecular weight excluding hydrogens is 252 g/mol. The molecule has 1 aromatic carbocycles. The lowest BCUT2D eigenvalue weighted by Crippen LogP contribution is -2.31. The van der Waals surface area contributed by atoms with Crippen molar-refractivity contribution in [1.82, 2.24) is 5.32 Å². The molecule has 5 heteroatoms. The van der Waals surface area contributed by atoms with Crippen molar-refractivity contribution in [2.45, 2.75) is 39.8 Å². The van der Waals surface area contributed by atoms with E-state index in [1.165, 1.54) is 12.1 Å². The van der Waals surface area contributed by atoms with E-state index < -0.39 is 4.92 Å². The van der Waals surface area contributed by atoms with Crippen molar-refractivity contribution in [2.75, 3.05) is 0 Å². The summed E-state index contributed by atoms with van der Waals surface area (Å²) < 4.78 is 0. The average molecular weight is 271 g/mol. The molecule has 0 saturated heterocycles. The minimum absolute atomic E-state index is 0.0266. The van der Waals surface area contributed by atoms with Crippen molar-refractivity contribution >= 4 is 17.3 Å². The van der Waals surface area contributed by atoms with Gasteiger partial charge < -0.3 is 5.32 Å². The highest BCUT2D eigenvalue weighted by molar-refractivity contribution is 6.31. The summed E-state index contributed by atoms with van der Waals surface area (Å²) in [7, 11) is 0. The first-order valence-corrected chi connectivity index (χ1v) is 6.49. The zero-order chi connectivity index (χ0) is 13.7. The molecule has 0 amide bonds. The standard InChI is InChI=1S/C13H19ClN2O2/c1-4-9(2)10(3)15-8-11-5-6-12(16(17)18)7-13(11)14/h5-7,9-10,15H,4,8H2,1-3H3. The minimum atomic E-state index is -0.440. The number of halogens is 1. The smallest absolute Gasteiger partial charge is 0.270 e. The van der Waals surface area contributed by atoms with Gasteiger partial charge in [0.25, 0.3) is 5.69 Å². The average Bonchev–Trinajstić information content (AvgIpc) is 2.35. The van der Waals surface area contributed by atoms with Gasteiger partial charge in [0.2, 0.25) is 0 Å². The molecule has 0 saturated carbocycles. The number of non-ortho nitro benzene ring substituents is 1. The Balaban J connectivity index is 2.66. The Labute approximate surface area is 112 Å². The van der Waals surface area contributed by atoms with E-state index in [0.29, 0.717) is 23.5 Å². The van der Waals surface area contributed by atoms with Gasteiger partial charge >= 0.3 is 0 Å². The molecule has 2 atom stereocenters. The highest BCUT2D eigenvalue weighted by atomic mass is 35.5. The van der Waals surface area contributed by atoms with Crippen LogP contribution in [0.3, 0.4) is 0 Å². The molecule has 0 aliphatic rings. The molecule has 0 radical (unpaired) electrons. The van der Waals surface area contributed by atoms with Gasteiger partial charge in [0.05, 0.1) is 9.95 Å². The molecule has 1 rings (SSSR count). The Morgan fingerprint density at radius 3 is 2.61 bits per heavy atom. The fraction of sp³-hybridized carbons (Fsp3) is 0.538. The van der Waals surface area contributed by atoms with Crippen molar-refractivity contribution in [3.8, 4) is 0 Å². The monoisotopic (exact) mass is 270 g/mol. The topological polar surface area (TPSA) is 55.2 Å². The number of rotatable bonds is 6. The van der Waals surface area contributed by atoms with Crippen LogP contribution in [0.5, 0.6) is 0 Å². The Morgan fingerprint density at radius 2 is 2.11 bits per heavy atom. The maximum absolute atomic E-state index is 10.6. The van der Waals surface area contributed by atoms with Gasteiger partial charge in [-0.25, -0.2) is 0 Å². The fourth-order valence-corrected chi connectivity index (χ4v) is 1.86. The number of hydrogen-bond donors (Lipinski definition) is 1. The summed E-state index contributed by atoms with van der Waals surface area (Å²) in [6.07, 6.45) is 1.11. The second kappa shape index (κ2) is 6.71. The van der Waals surface area contributed by atoms with Crippen LogP contribution in [0.2, 0.25) is 5.02 Å². The van der Waals surface area contributed by atoms with Crippen LogP contribution in [0, 0.1) is 16.0 Å². The molecule has 0 aliphatic heterocycles. The van der Waals surface area contributed by atoms with Crippen molar-refractivity contribution < 1.29 is 4.92 Å². The van der Waals surface area contributed by atoms with E-state index in [-0.39, 0.29) is 5.69 Å². The molecule has 18 heavy (non-hydrogen) atoms. The predicted octanol–water partition coefficient (Wildman–Crippen LogP) is 3.77. The van der Waals surface area contributed by atoms with Crippen molar-refractivity contribution in [2.24, 2.45) is 5.92 Å². The quantitative estimate of drug-likeness (QED) is 0.632. The van der Waals surface area contributed by atoms with Gasteiger partial charge in [0.15, 0.2) is 0 Å². The first-order chi connectivity index (χ1) is 8.45. The Morgan fingerprint density at radius 1 is 1.44 bits per heavy atom. The van der Waals surface area contributed by atoms with Crippen LogP contribution < -0.4 is 5.32 Å². The van der Waals surface area contributed by atoms with Gasteiger partial charge in [-0.15, -0.1) is 0 Å². The maximum atomic E-state index is 10.6. The van der Waals surface area contributed by atoms with Crippen LogP contribution in [0.4, 0.5) is 5.69 Å². The Hall–Kier alpha value is -1.13. The SMILES string of the molecule is CCC(C)C(C)NCc1ccc([N+](=O)[O-])cc1Cl. The molecule has 100 valence electrons. The van der Waals surface area contributed by atoms with Crippen LogP contribution in [-0.2, 0) is 6.54 Å². The normalized spacial score (nSPS) is 14.2. The number of nitro groups is 1. The van der Waals surface area contributed by atoms with E-state index in [1.807, 2.05) is 0 Å².